The molecule has 2 rings (SSSR count). The molecule has 1 aromatic rings. The molecular formula is C15H22N2O2. The van der Waals surface area contributed by atoms with E-state index in [1.54, 1.807) is 17.3 Å². The number of carbonyl (C=O) groups excluding carboxylic acids is 1. The van der Waals surface area contributed by atoms with E-state index in [2.05, 4.69) is 4.98 Å². The number of pyridine rings is 1. The number of hydrogen-bond acceptors (Lipinski definition) is 3. The average Bonchev–Trinajstić information content (AvgIpc) is 2.47. The minimum Gasteiger partial charge on any atom is -0.396 e. The molecule has 0 bridgehead atoms. The van der Waals surface area contributed by atoms with Gasteiger partial charge in [-0.05, 0) is 49.3 Å². The third-order valence-corrected chi connectivity index (χ3v) is 4.00. The van der Waals surface area contributed by atoms with Crippen LogP contribution in [0.15, 0.2) is 24.5 Å². The fraction of sp³-hybridized carbons (Fsp3) is 0.600. The lowest BCUT2D eigenvalue weighted by atomic mass is 9.82. The van der Waals surface area contributed by atoms with Gasteiger partial charge in [0.2, 0.25) is 5.91 Å². The number of aliphatic hydroxyl groups is 1. The van der Waals surface area contributed by atoms with Crippen molar-refractivity contribution in [2.24, 2.45) is 11.8 Å². The summed E-state index contributed by atoms with van der Waals surface area (Å²) in [6.45, 7) is 0.898. The van der Waals surface area contributed by atoms with E-state index in [9.17, 15) is 4.79 Å². The van der Waals surface area contributed by atoms with Gasteiger partial charge in [0.25, 0.3) is 0 Å². The first-order valence-electron chi connectivity index (χ1n) is 6.95. The van der Waals surface area contributed by atoms with Crippen molar-refractivity contribution in [1.82, 2.24) is 9.88 Å². The Morgan fingerprint density at radius 2 is 1.95 bits per heavy atom. The highest BCUT2D eigenvalue weighted by atomic mass is 16.3. The molecule has 4 heteroatoms. The van der Waals surface area contributed by atoms with Crippen molar-refractivity contribution < 1.29 is 9.90 Å². The van der Waals surface area contributed by atoms with Gasteiger partial charge in [0.1, 0.15) is 0 Å². The lowest BCUT2D eigenvalue weighted by Gasteiger charge is -2.29. The van der Waals surface area contributed by atoms with Gasteiger partial charge < -0.3 is 10.0 Å². The summed E-state index contributed by atoms with van der Waals surface area (Å²) in [5.41, 5.74) is 1.11. The predicted octanol–water partition coefficient (Wildman–Crippen LogP) is 1.84. The molecule has 104 valence electrons. The molecule has 1 aromatic heterocycles. The molecule has 19 heavy (non-hydrogen) atoms. The molecule has 0 spiro atoms. The molecule has 1 N–H and O–H groups in total. The fourth-order valence-corrected chi connectivity index (χ4v) is 2.74. The lowest BCUT2D eigenvalue weighted by Crippen LogP contribution is -2.35. The van der Waals surface area contributed by atoms with Crippen LogP contribution >= 0.6 is 0 Å². The SMILES string of the molecule is CN(Cc1ccncc1)C(=O)C1CCC(CO)CC1. The molecule has 1 fully saturated rings. The minimum atomic E-state index is 0.134. The Hall–Kier alpha value is -1.42. The summed E-state index contributed by atoms with van der Waals surface area (Å²) >= 11 is 0. The van der Waals surface area contributed by atoms with Gasteiger partial charge >= 0.3 is 0 Å². The highest BCUT2D eigenvalue weighted by Gasteiger charge is 2.27. The van der Waals surface area contributed by atoms with Crippen molar-refractivity contribution in [1.29, 1.82) is 0 Å². The Morgan fingerprint density at radius 3 is 2.53 bits per heavy atom. The minimum absolute atomic E-state index is 0.134. The first-order chi connectivity index (χ1) is 9.20. The second-order valence-corrected chi connectivity index (χ2v) is 5.45. The van der Waals surface area contributed by atoms with E-state index in [0.29, 0.717) is 12.5 Å². The van der Waals surface area contributed by atoms with Crippen LogP contribution in [0.3, 0.4) is 0 Å². The summed E-state index contributed by atoms with van der Waals surface area (Å²) in [6.07, 6.45) is 7.25. The van der Waals surface area contributed by atoms with Gasteiger partial charge in [-0.2, -0.15) is 0 Å². The third-order valence-electron chi connectivity index (χ3n) is 4.00. The van der Waals surface area contributed by atoms with Crippen molar-refractivity contribution in [3.8, 4) is 0 Å². The van der Waals surface area contributed by atoms with E-state index in [1.807, 2.05) is 19.2 Å². The topological polar surface area (TPSA) is 53.4 Å². The van der Waals surface area contributed by atoms with E-state index in [0.717, 1.165) is 31.2 Å². The van der Waals surface area contributed by atoms with Crippen LogP contribution in [0.2, 0.25) is 0 Å². The van der Waals surface area contributed by atoms with Crippen molar-refractivity contribution in [2.45, 2.75) is 32.2 Å². The van der Waals surface area contributed by atoms with Crippen LogP contribution in [-0.2, 0) is 11.3 Å². The Labute approximate surface area is 114 Å². The standard InChI is InChI=1S/C15H22N2O2/c1-17(10-12-6-8-16-9-7-12)15(19)14-4-2-13(11-18)3-5-14/h6-9,13-14,18H,2-5,10-11H2,1H3. The maximum atomic E-state index is 12.3. The Kier molecular flexibility index (Phi) is 4.91. The molecule has 1 aliphatic carbocycles. The first-order valence-corrected chi connectivity index (χ1v) is 6.95. The van der Waals surface area contributed by atoms with Gasteiger partial charge in [0.15, 0.2) is 0 Å². The van der Waals surface area contributed by atoms with E-state index >= 15 is 0 Å². The zero-order chi connectivity index (χ0) is 13.7. The number of hydrogen-bond donors (Lipinski definition) is 1. The number of amides is 1. The summed E-state index contributed by atoms with van der Waals surface area (Å²) in [6, 6.07) is 3.87. The van der Waals surface area contributed by atoms with Gasteiger partial charge in [0, 0.05) is 38.5 Å². The van der Waals surface area contributed by atoms with Crippen LogP contribution in [0, 0.1) is 11.8 Å². The quantitative estimate of drug-likeness (QED) is 0.900. The number of nitrogens with zero attached hydrogens (tertiary/aromatic N) is 2. The van der Waals surface area contributed by atoms with E-state index < -0.39 is 0 Å². The molecule has 4 nitrogen and oxygen atoms in total. The van der Waals surface area contributed by atoms with E-state index in [-0.39, 0.29) is 18.4 Å². The molecule has 1 amide bonds. The maximum absolute atomic E-state index is 12.3. The van der Waals surface area contributed by atoms with Crippen molar-refractivity contribution in [3.05, 3.63) is 30.1 Å². The summed E-state index contributed by atoms with van der Waals surface area (Å²) < 4.78 is 0. The molecule has 1 heterocycles. The molecule has 0 aromatic carbocycles. The predicted molar refractivity (Wildman–Crippen MR) is 73.2 cm³/mol. The van der Waals surface area contributed by atoms with Gasteiger partial charge in [-0.15, -0.1) is 0 Å². The Bertz CT molecular complexity index is 400. The van der Waals surface area contributed by atoms with Crippen LogP contribution < -0.4 is 0 Å². The van der Waals surface area contributed by atoms with Gasteiger partial charge in [-0.3, -0.25) is 9.78 Å². The van der Waals surface area contributed by atoms with E-state index in [1.165, 1.54) is 0 Å². The van der Waals surface area contributed by atoms with Crippen LogP contribution in [0.1, 0.15) is 31.2 Å². The van der Waals surface area contributed by atoms with Gasteiger partial charge in [-0.25, -0.2) is 0 Å². The van der Waals surface area contributed by atoms with Crippen LogP contribution in [0.5, 0.6) is 0 Å². The monoisotopic (exact) mass is 262 g/mol. The Morgan fingerprint density at radius 1 is 1.32 bits per heavy atom. The van der Waals surface area contributed by atoms with Crippen LogP contribution in [-0.4, -0.2) is 34.6 Å². The molecular weight excluding hydrogens is 240 g/mol. The second-order valence-electron chi connectivity index (χ2n) is 5.45. The van der Waals surface area contributed by atoms with Crippen molar-refractivity contribution in [3.63, 3.8) is 0 Å². The number of aliphatic hydroxyl groups excluding tert-OH is 1. The molecule has 0 aliphatic heterocycles. The van der Waals surface area contributed by atoms with E-state index in [4.69, 9.17) is 5.11 Å². The highest BCUT2D eigenvalue weighted by molar-refractivity contribution is 5.78. The second kappa shape index (κ2) is 6.66. The number of rotatable bonds is 4. The Balaban J connectivity index is 1.86. The molecule has 0 unspecified atom stereocenters. The first kappa shape index (κ1) is 14.0. The molecule has 1 saturated carbocycles. The van der Waals surface area contributed by atoms with Crippen molar-refractivity contribution in [2.75, 3.05) is 13.7 Å². The zero-order valence-electron chi connectivity index (χ0n) is 11.5. The maximum Gasteiger partial charge on any atom is 0.225 e. The zero-order valence-corrected chi connectivity index (χ0v) is 11.5. The third kappa shape index (κ3) is 3.77. The summed E-state index contributed by atoms with van der Waals surface area (Å²) in [5.74, 6) is 0.761. The smallest absolute Gasteiger partial charge is 0.225 e. The fourth-order valence-electron chi connectivity index (χ4n) is 2.74. The highest BCUT2D eigenvalue weighted by Crippen LogP contribution is 2.29. The van der Waals surface area contributed by atoms with Gasteiger partial charge in [-0.1, -0.05) is 0 Å². The van der Waals surface area contributed by atoms with Gasteiger partial charge in [0.05, 0.1) is 0 Å². The molecule has 0 radical (unpaired) electrons. The molecule has 1 aliphatic rings. The molecule has 0 atom stereocenters. The molecule has 0 saturated heterocycles. The number of carbonyl (C=O) groups is 1. The largest absolute Gasteiger partial charge is 0.396 e. The normalized spacial score (nSPS) is 23.1. The number of aromatic nitrogens is 1. The van der Waals surface area contributed by atoms with Crippen LogP contribution in [0.25, 0.3) is 0 Å². The summed E-state index contributed by atoms with van der Waals surface area (Å²) in [7, 11) is 1.86. The van der Waals surface area contributed by atoms with Crippen LogP contribution in [0.4, 0.5) is 0 Å². The van der Waals surface area contributed by atoms with Crippen molar-refractivity contribution >= 4 is 5.91 Å². The summed E-state index contributed by atoms with van der Waals surface area (Å²) in [4.78, 5) is 18.1. The lowest BCUT2D eigenvalue weighted by molar-refractivity contribution is -0.136. The average molecular weight is 262 g/mol. The summed E-state index contributed by atoms with van der Waals surface area (Å²) in [5, 5.41) is 9.12.